The van der Waals surface area contributed by atoms with Gasteiger partial charge in [0.2, 0.25) is 5.95 Å². The van der Waals surface area contributed by atoms with Crippen LogP contribution in [0.15, 0.2) is 0 Å². The van der Waals surface area contributed by atoms with E-state index in [9.17, 15) is 0 Å². The van der Waals surface area contributed by atoms with Crippen LogP contribution < -0.4 is 11.1 Å². The van der Waals surface area contributed by atoms with Gasteiger partial charge in [-0.25, -0.2) is 9.97 Å². The van der Waals surface area contributed by atoms with E-state index >= 15 is 0 Å². The standard InChI is InChI=1S/C9H14N4/c1-2-3-7-6-4-11-5-8(6)13-9(10)12-7/h11H,2-5H2,1H3,(H2,10,12,13). The number of aryl methyl sites for hydroxylation is 1. The molecule has 1 aliphatic rings. The van der Waals surface area contributed by atoms with Crippen molar-refractivity contribution in [3.05, 3.63) is 17.0 Å². The minimum absolute atomic E-state index is 0.408. The summed E-state index contributed by atoms with van der Waals surface area (Å²) >= 11 is 0. The van der Waals surface area contributed by atoms with Gasteiger partial charge in [-0.05, 0) is 6.42 Å². The average molecular weight is 178 g/mol. The molecule has 0 atom stereocenters. The summed E-state index contributed by atoms with van der Waals surface area (Å²) in [5, 5.41) is 3.26. The quantitative estimate of drug-likeness (QED) is 0.696. The number of anilines is 1. The molecule has 0 radical (unpaired) electrons. The van der Waals surface area contributed by atoms with Crippen LogP contribution in [-0.4, -0.2) is 9.97 Å². The zero-order valence-electron chi connectivity index (χ0n) is 7.80. The number of hydrogen-bond donors (Lipinski definition) is 2. The van der Waals surface area contributed by atoms with Crippen molar-refractivity contribution < 1.29 is 0 Å². The summed E-state index contributed by atoms with van der Waals surface area (Å²) in [5.74, 6) is 0.408. The van der Waals surface area contributed by atoms with Gasteiger partial charge in [-0.1, -0.05) is 13.3 Å². The van der Waals surface area contributed by atoms with Crippen LogP contribution in [0, 0.1) is 0 Å². The number of hydrogen-bond acceptors (Lipinski definition) is 4. The molecule has 1 aromatic rings. The van der Waals surface area contributed by atoms with Crippen molar-refractivity contribution in [3.63, 3.8) is 0 Å². The number of rotatable bonds is 2. The highest BCUT2D eigenvalue weighted by Crippen LogP contribution is 2.18. The number of fused-ring (bicyclic) bond motifs is 1. The molecule has 1 aliphatic heterocycles. The van der Waals surface area contributed by atoms with Crippen LogP contribution in [0.5, 0.6) is 0 Å². The zero-order valence-corrected chi connectivity index (χ0v) is 7.80. The lowest BCUT2D eigenvalue weighted by atomic mass is 10.1. The number of nitrogens with one attached hydrogen (secondary N) is 1. The van der Waals surface area contributed by atoms with Crippen molar-refractivity contribution in [2.75, 3.05) is 5.73 Å². The van der Waals surface area contributed by atoms with Crippen molar-refractivity contribution in [2.24, 2.45) is 0 Å². The molecule has 0 spiro atoms. The summed E-state index contributed by atoms with van der Waals surface area (Å²) in [7, 11) is 0. The van der Waals surface area contributed by atoms with Crippen LogP contribution in [0.25, 0.3) is 0 Å². The van der Waals surface area contributed by atoms with E-state index in [4.69, 9.17) is 5.73 Å². The third-order valence-corrected chi connectivity index (χ3v) is 2.28. The molecule has 13 heavy (non-hydrogen) atoms. The van der Waals surface area contributed by atoms with E-state index in [1.807, 2.05) is 0 Å². The Morgan fingerprint density at radius 2 is 2.23 bits per heavy atom. The minimum Gasteiger partial charge on any atom is -0.368 e. The van der Waals surface area contributed by atoms with Crippen molar-refractivity contribution in [1.29, 1.82) is 0 Å². The first-order valence-corrected chi connectivity index (χ1v) is 4.66. The average Bonchev–Trinajstić information content (AvgIpc) is 2.52. The summed E-state index contributed by atoms with van der Waals surface area (Å²) in [4.78, 5) is 8.46. The Hall–Kier alpha value is -1.16. The molecule has 70 valence electrons. The maximum absolute atomic E-state index is 5.61. The van der Waals surface area contributed by atoms with Crippen LogP contribution in [0.3, 0.4) is 0 Å². The Bertz CT molecular complexity index is 322. The molecule has 0 unspecified atom stereocenters. The number of nitrogens with zero attached hydrogens (tertiary/aromatic N) is 2. The Morgan fingerprint density at radius 1 is 1.38 bits per heavy atom. The fourth-order valence-electron chi connectivity index (χ4n) is 1.70. The van der Waals surface area contributed by atoms with Crippen molar-refractivity contribution >= 4 is 5.95 Å². The SMILES string of the molecule is CCCc1nc(N)nc2c1CNC2. The lowest BCUT2D eigenvalue weighted by Crippen LogP contribution is -2.05. The van der Waals surface area contributed by atoms with E-state index in [0.717, 1.165) is 37.3 Å². The molecule has 0 fully saturated rings. The van der Waals surface area contributed by atoms with Gasteiger partial charge in [-0.15, -0.1) is 0 Å². The first kappa shape index (κ1) is 8.44. The largest absolute Gasteiger partial charge is 0.368 e. The van der Waals surface area contributed by atoms with E-state index in [0.29, 0.717) is 5.95 Å². The molecule has 4 nitrogen and oxygen atoms in total. The van der Waals surface area contributed by atoms with Gasteiger partial charge in [-0.3, -0.25) is 0 Å². The van der Waals surface area contributed by atoms with Gasteiger partial charge in [0, 0.05) is 18.7 Å². The predicted molar refractivity (Wildman–Crippen MR) is 51.0 cm³/mol. The van der Waals surface area contributed by atoms with Gasteiger partial charge in [0.1, 0.15) is 0 Å². The molecule has 3 N–H and O–H groups in total. The van der Waals surface area contributed by atoms with Crippen molar-refractivity contribution in [1.82, 2.24) is 15.3 Å². The molecule has 0 saturated carbocycles. The molecule has 0 saturated heterocycles. The smallest absolute Gasteiger partial charge is 0.220 e. The Kier molecular flexibility index (Phi) is 2.14. The topological polar surface area (TPSA) is 63.8 Å². The highest BCUT2D eigenvalue weighted by atomic mass is 15.0. The lowest BCUT2D eigenvalue weighted by molar-refractivity contribution is 0.753. The third-order valence-electron chi connectivity index (χ3n) is 2.28. The van der Waals surface area contributed by atoms with Gasteiger partial charge >= 0.3 is 0 Å². The van der Waals surface area contributed by atoms with E-state index in [1.165, 1.54) is 5.56 Å². The van der Waals surface area contributed by atoms with Crippen LogP contribution in [0.2, 0.25) is 0 Å². The van der Waals surface area contributed by atoms with Gasteiger partial charge in [0.25, 0.3) is 0 Å². The molecule has 0 aromatic carbocycles. The van der Waals surface area contributed by atoms with Crippen molar-refractivity contribution in [3.8, 4) is 0 Å². The van der Waals surface area contributed by atoms with Crippen LogP contribution in [0.4, 0.5) is 5.95 Å². The summed E-state index contributed by atoms with van der Waals surface area (Å²) in [5.41, 5.74) is 9.07. The van der Waals surface area contributed by atoms with E-state index in [2.05, 4.69) is 22.2 Å². The van der Waals surface area contributed by atoms with Crippen molar-refractivity contribution in [2.45, 2.75) is 32.9 Å². The molecular formula is C9H14N4. The zero-order chi connectivity index (χ0) is 9.26. The van der Waals surface area contributed by atoms with E-state index in [-0.39, 0.29) is 0 Å². The third kappa shape index (κ3) is 1.49. The molecule has 2 rings (SSSR count). The number of aromatic nitrogens is 2. The van der Waals surface area contributed by atoms with Gasteiger partial charge in [0.15, 0.2) is 0 Å². The normalized spacial score (nSPS) is 14.5. The molecular weight excluding hydrogens is 164 g/mol. The first-order valence-electron chi connectivity index (χ1n) is 4.66. The number of nitrogen functional groups attached to an aromatic ring is 1. The first-order chi connectivity index (χ1) is 6.31. The second-order valence-electron chi connectivity index (χ2n) is 3.31. The van der Waals surface area contributed by atoms with Gasteiger partial charge in [0.05, 0.1) is 11.4 Å². The Morgan fingerprint density at radius 3 is 3.00 bits per heavy atom. The number of nitrogens with two attached hydrogens (primary N) is 1. The maximum Gasteiger partial charge on any atom is 0.220 e. The fourth-order valence-corrected chi connectivity index (χ4v) is 1.70. The highest BCUT2D eigenvalue weighted by Gasteiger charge is 2.17. The van der Waals surface area contributed by atoms with Crippen LogP contribution in [0.1, 0.15) is 30.3 Å². The van der Waals surface area contributed by atoms with E-state index < -0.39 is 0 Å². The van der Waals surface area contributed by atoms with Gasteiger partial charge < -0.3 is 11.1 Å². The second-order valence-corrected chi connectivity index (χ2v) is 3.31. The molecule has 2 heterocycles. The molecule has 0 amide bonds. The van der Waals surface area contributed by atoms with Crippen LogP contribution in [-0.2, 0) is 19.5 Å². The highest BCUT2D eigenvalue weighted by molar-refractivity contribution is 5.34. The van der Waals surface area contributed by atoms with Crippen LogP contribution >= 0.6 is 0 Å². The monoisotopic (exact) mass is 178 g/mol. The summed E-state index contributed by atoms with van der Waals surface area (Å²) in [6.45, 7) is 3.87. The van der Waals surface area contributed by atoms with Gasteiger partial charge in [-0.2, -0.15) is 0 Å². The minimum atomic E-state index is 0.408. The predicted octanol–water partition coefficient (Wildman–Crippen LogP) is 0.615. The summed E-state index contributed by atoms with van der Waals surface area (Å²) < 4.78 is 0. The van der Waals surface area contributed by atoms with E-state index in [1.54, 1.807) is 0 Å². The molecule has 4 heteroatoms. The lowest BCUT2D eigenvalue weighted by Gasteiger charge is -2.05. The summed E-state index contributed by atoms with van der Waals surface area (Å²) in [6.07, 6.45) is 2.10. The Labute approximate surface area is 77.6 Å². The molecule has 0 bridgehead atoms. The Balaban J connectivity index is 2.43. The second kappa shape index (κ2) is 3.30. The fraction of sp³-hybridized carbons (Fsp3) is 0.556. The molecule has 1 aromatic heterocycles. The summed E-state index contributed by atoms with van der Waals surface area (Å²) in [6, 6.07) is 0. The maximum atomic E-state index is 5.61. The molecule has 0 aliphatic carbocycles.